The summed E-state index contributed by atoms with van der Waals surface area (Å²) in [6.07, 6.45) is -1.02. The summed E-state index contributed by atoms with van der Waals surface area (Å²) in [5, 5.41) is 0.647. The monoisotopic (exact) mass is 319 g/mol. The lowest BCUT2D eigenvalue weighted by atomic mass is 10.2. The van der Waals surface area contributed by atoms with E-state index in [0.29, 0.717) is 10.8 Å². The molecule has 0 aliphatic heterocycles. The second kappa shape index (κ2) is 7.29. The Morgan fingerprint density at radius 1 is 1.18 bits per heavy atom. The quantitative estimate of drug-likeness (QED) is 0.789. The van der Waals surface area contributed by atoms with Crippen LogP contribution < -0.4 is 9.64 Å². The van der Waals surface area contributed by atoms with Gasteiger partial charge in [0.05, 0.1) is 0 Å². The molecule has 0 N–H and O–H groups in total. The van der Waals surface area contributed by atoms with Gasteiger partial charge in [0.25, 0.3) is 12.2 Å². The number of ether oxygens (including phenoxy) is 2. The third-order valence-electron chi connectivity index (χ3n) is 3.26. The molecule has 5 heteroatoms. The van der Waals surface area contributed by atoms with Gasteiger partial charge in [0, 0.05) is 24.9 Å². The third kappa shape index (κ3) is 3.78. The van der Waals surface area contributed by atoms with Gasteiger partial charge in [0.15, 0.2) is 0 Å². The lowest BCUT2D eigenvalue weighted by Crippen LogP contribution is -2.41. The first-order valence-corrected chi connectivity index (χ1v) is 7.19. The fourth-order valence-corrected chi connectivity index (χ4v) is 2.07. The molecule has 0 aromatic heterocycles. The predicted molar refractivity (Wildman–Crippen MR) is 87.5 cm³/mol. The standard InChI is InChI=1S/C17H18ClNO3/c1-12-11-14(9-10-15(12)18)22-17(21-3)16(20)19(2)13-7-5-4-6-8-13/h4-11,17H,1-3H3. The molecule has 22 heavy (non-hydrogen) atoms. The second-order valence-corrected chi connectivity index (χ2v) is 5.24. The summed E-state index contributed by atoms with van der Waals surface area (Å²) in [6.45, 7) is 1.87. The Bertz CT molecular complexity index is 646. The van der Waals surface area contributed by atoms with E-state index in [-0.39, 0.29) is 5.91 Å². The SMILES string of the molecule is COC(Oc1ccc(Cl)c(C)c1)C(=O)N(C)c1ccccc1. The number of carbonyl (C=O) groups is 1. The lowest BCUT2D eigenvalue weighted by molar-refractivity contribution is -0.144. The second-order valence-electron chi connectivity index (χ2n) is 4.83. The number of hydrogen-bond donors (Lipinski definition) is 0. The zero-order valence-corrected chi connectivity index (χ0v) is 13.5. The van der Waals surface area contributed by atoms with Crippen LogP contribution in [0.3, 0.4) is 0 Å². The van der Waals surface area contributed by atoms with Crippen LogP contribution in [-0.2, 0) is 9.53 Å². The molecule has 116 valence electrons. The summed E-state index contributed by atoms with van der Waals surface area (Å²) in [4.78, 5) is 14.0. The van der Waals surface area contributed by atoms with Crippen LogP contribution >= 0.6 is 11.6 Å². The van der Waals surface area contributed by atoms with Crippen molar-refractivity contribution in [2.75, 3.05) is 19.1 Å². The number of rotatable bonds is 5. The van der Waals surface area contributed by atoms with Crippen molar-refractivity contribution in [3.63, 3.8) is 0 Å². The average Bonchev–Trinajstić information content (AvgIpc) is 2.55. The maximum Gasteiger partial charge on any atom is 0.296 e. The maximum absolute atomic E-state index is 12.5. The molecule has 0 bridgehead atoms. The van der Waals surface area contributed by atoms with Gasteiger partial charge in [-0.2, -0.15) is 0 Å². The summed E-state index contributed by atoms with van der Waals surface area (Å²) < 4.78 is 10.8. The highest BCUT2D eigenvalue weighted by atomic mass is 35.5. The number of hydrogen-bond acceptors (Lipinski definition) is 3. The highest BCUT2D eigenvalue weighted by Crippen LogP contribution is 2.23. The Morgan fingerprint density at radius 2 is 1.86 bits per heavy atom. The Balaban J connectivity index is 2.13. The Hall–Kier alpha value is -2.04. The van der Waals surface area contributed by atoms with Crippen LogP contribution in [0.5, 0.6) is 5.75 Å². The molecule has 2 rings (SSSR count). The van der Waals surface area contributed by atoms with E-state index in [4.69, 9.17) is 21.1 Å². The van der Waals surface area contributed by atoms with E-state index in [1.807, 2.05) is 37.3 Å². The fraction of sp³-hybridized carbons (Fsp3) is 0.235. The van der Waals surface area contributed by atoms with E-state index < -0.39 is 6.29 Å². The first kappa shape index (κ1) is 16.3. The van der Waals surface area contributed by atoms with Crippen molar-refractivity contribution in [2.24, 2.45) is 0 Å². The molecule has 0 saturated heterocycles. The van der Waals surface area contributed by atoms with Crippen LogP contribution in [0.25, 0.3) is 0 Å². The molecule has 0 heterocycles. The molecule has 2 aromatic rings. The number of amides is 1. The number of nitrogens with zero attached hydrogens (tertiary/aromatic N) is 1. The van der Waals surface area contributed by atoms with Crippen molar-refractivity contribution in [3.05, 3.63) is 59.1 Å². The van der Waals surface area contributed by atoms with Crippen molar-refractivity contribution in [2.45, 2.75) is 13.2 Å². The number of methoxy groups -OCH3 is 1. The smallest absolute Gasteiger partial charge is 0.296 e. The van der Waals surface area contributed by atoms with Gasteiger partial charge in [-0.3, -0.25) is 4.79 Å². The van der Waals surface area contributed by atoms with E-state index >= 15 is 0 Å². The van der Waals surface area contributed by atoms with Crippen molar-refractivity contribution in [3.8, 4) is 5.75 Å². The molecule has 1 atom stereocenters. The summed E-state index contributed by atoms with van der Waals surface area (Å²) in [6, 6.07) is 14.5. The summed E-state index contributed by atoms with van der Waals surface area (Å²) in [5.41, 5.74) is 1.64. The van der Waals surface area contributed by atoms with Crippen LogP contribution in [-0.4, -0.2) is 26.4 Å². The fourth-order valence-electron chi connectivity index (χ4n) is 1.95. The first-order chi connectivity index (χ1) is 10.5. The number of para-hydroxylation sites is 1. The van der Waals surface area contributed by atoms with Gasteiger partial charge in [-0.25, -0.2) is 0 Å². The summed E-state index contributed by atoms with van der Waals surface area (Å²) in [7, 11) is 3.12. The first-order valence-electron chi connectivity index (χ1n) is 6.81. The van der Waals surface area contributed by atoms with Crippen LogP contribution in [0.1, 0.15) is 5.56 Å². The molecule has 0 fully saturated rings. The molecule has 1 unspecified atom stereocenters. The Labute approximate surface area is 135 Å². The van der Waals surface area contributed by atoms with Crippen LogP contribution in [0, 0.1) is 6.92 Å². The van der Waals surface area contributed by atoms with Crippen molar-refractivity contribution >= 4 is 23.2 Å². The van der Waals surface area contributed by atoms with Gasteiger partial charge in [-0.15, -0.1) is 0 Å². The van der Waals surface area contributed by atoms with E-state index in [1.165, 1.54) is 12.0 Å². The van der Waals surface area contributed by atoms with Gasteiger partial charge in [-0.1, -0.05) is 29.8 Å². The van der Waals surface area contributed by atoms with E-state index in [0.717, 1.165) is 11.3 Å². The van der Waals surface area contributed by atoms with Gasteiger partial charge in [-0.05, 0) is 42.8 Å². The van der Waals surface area contributed by atoms with E-state index in [2.05, 4.69) is 0 Å². The highest BCUT2D eigenvalue weighted by Gasteiger charge is 2.24. The van der Waals surface area contributed by atoms with Crippen molar-refractivity contribution in [1.82, 2.24) is 0 Å². The Morgan fingerprint density at radius 3 is 2.45 bits per heavy atom. The molecule has 0 radical (unpaired) electrons. The third-order valence-corrected chi connectivity index (χ3v) is 3.69. The molecule has 1 amide bonds. The van der Waals surface area contributed by atoms with Gasteiger partial charge in [0.1, 0.15) is 5.75 Å². The van der Waals surface area contributed by atoms with Gasteiger partial charge >= 0.3 is 0 Å². The minimum absolute atomic E-state index is 0.290. The molecule has 0 aliphatic rings. The zero-order chi connectivity index (χ0) is 16.1. The minimum Gasteiger partial charge on any atom is -0.455 e. The number of benzene rings is 2. The van der Waals surface area contributed by atoms with Crippen molar-refractivity contribution in [1.29, 1.82) is 0 Å². The maximum atomic E-state index is 12.5. The molecule has 2 aromatic carbocycles. The van der Waals surface area contributed by atoms with Gasteiger partial charge in [0.2, 0.25) is 0 Å². The van der Waals surface area contributed by atoms with Crippen LogP contribution in [0.15, 0.2) is 48.5 Å². The highest BCUT2D eigenvalue weighted by molar-refractivity contribution is 6.31. The summed E-state index contributed by atoms with van der Waals surface area (Å²) in [5.74, 6) is 0.241. The molecule has 4 nitrogen and oxygen atoms in total. The molecular formula is C17H18ClNO3. The molecule has 0 saturated carbocycles. The van der Waals surface area contributed by atoms with E-state index in [9.17, 15) is 4.79 Å². The predicted octanol–water partition coefficient (Wildman–Crippen LogP) is 3.66. The molecule has 0 aliphatic carbocycles. The minimum atomic E-state index is -1.02. The Kier molecular flexibility index (Phi) is 5.41. The molecule has 0 spiro atoms. The molecular weight excluding hydrogens is 302 g/mol. The van der Waals surface area contributed by atoms with E-state index in [1.54, 1.807) is 25.2 Å². The number of halogens is 1. The largest absolute Gasteiger partial charge is 0.455 e. The van der Waals surface area contributed by atoms with Gasteiger partial charge < -0.3 is 14.4 Å². The normalized spacial score (nSPS) is 11.8. The van der Waals surface area contributed by atoms with Crippen LogP contribution in [0.4, 0.5) is 5.69 Å². The van der Waals surface area contributed by atoms with Crippen LogP contribution in [0.2, 0.25) is 5.02 Å². The number of carbonyl (C=O) groups excluding carboxylic acids is 1. The zero-order valence-electron chi connectivity index (χ0n) is 12.7. The summed E-state index contributed by atoms with van der Waals surface area (Å²) >= 11 is 5.98. The topological polar surface area (TPSA) is 38.8 Å². The number of aryl methyl sites for hydroxylation is 1. The number of anilines is 1. The lowest BCUT2D eigenvalue weighted by Gasteiger charge is -2.23. The number of likely N-dealkylation sites (N-methyl/N-ethyl adjacent to an activating group) is 1. The van der Waals surface area contributed by atoms with Crippen molar-refractivity contribution < 1.29 is 14.3 Å². The average molecular weight is 320 g/mol.